The Morgan fingerprint density at radius 2 is 1.72 bits per heavy atom. The highest BCUT2D eigenvalue weighted by molar-refractivity contribution is 6.31. The van der Waals surface area contributed by atoms with Gasteiger partial charge in [-0.25, -0.2) is 0 Å². The van der Waals surface area contributed by atoms with Crippen LogP contribution in [-0.2, 0) is 4.79 Å². The number of hydrogen-bond acceptors (Lipinski definition) is 4. The molecular formula is C23H18ClN3O2. The molecule has 1 aliphatic rings. The molecule has 0 aliphatic carbocycles. The summed E-state index contributed by atoms with van der Waals surface area (Å²) >= 11 is 6.01. The fourth-order valence-electron chi connectivity index (χ4n) is 3.34. The fourth-order valence-corrected chi connectivity index (χ4v) is 3.53. The number of aliphatic imine (C=N–C) groups is 1. The lowest BCUT2D eigenvalue weighted by molar-refractivity contribution is -0.119. The average molecular weight is 404 g/mol. The summed E-state index contributed by atoms with van der Waals surface area (Å²) in [4.78, 5) is 31.8. The number of nitrogens with zero attached hydrogens (tertiary/aromatic N) is 2. The first-order valence-corrected chi connectivity index (χ1v) is 9.51. The molecule has 0 saturated heterocycles. The topological polar surface area (TPSA) is 75.8 Å². The molecule has 0 spiro atoms. The Hall–Kier alpha value is -3.28. The minimum absolute atomic E-state index is 0.151. The smallest absolute Gasteiger partial charge is 0.266 e. The largest absolute Gasteiger partial charge is 0.302 e. The highest BCUT2D eigenvalue weighted by atomic mass is 35.5. The number of benzodiazepines with no additional fused rings is 1. The van der Waals surface area contributed by atoms with Crippen molar-refractivity contribution in [3.63, 3.8) is 0 Å². The van der Waals surface area contributed by atoms with Gasteiger partial charge in [0, 0.05) is 21.7 Å². The van der Waals surface area contributed by atoms with E-state index in [1.165, 1.54) is 4.90 Å². The van der Waals surface area contributed by atoms with Crippen molar-refractivity contribution < 1.29 is 9.59 Å². The molecule has 29 heavy (non-hydrogen) atoms. The SMILES string of the molecule is NC1N=C(c2ccccc2)c2ccccc2N(CC(=O)c2cccc(Cl)c2)C1=O. The van der Waals surface area contributed by atoms with E-state index in [0.717, 1.165) is 11.1 Å². The molecule has 1 atom stereocenters. The van der Waals surface area contributed by atoms with E-state index < -0.39 is 12.1 Å². The number of halogens is 1. The second-order valence-electron chi connectivity index (χ2n) is 6.66. The number of carbonyl (C=O) groups excluding carboxylic acids is 2. The number of carbonyl (C=O) groups is 2. The maximum Gasteiger partial charge on any atom is 0.266 e. The molecule has 0 saturated carbocycles. The van der Waals surface area contributed by atoms with E-state index in [1.54, 1.807) is 30.3 Å². The van der Waals surface area contributed by atoms with Crippen LogP contribution in [0.5, 0.6) is 0 Å². The predicted molar refractivity (Wildman–Crippen MR) is 115 cm³/mol. The van der Waals surface area contributed by atoms with Crippen molar-refractivity contribution in [2.24, 2.45) is 10.7 Å². The Labute approximate surface area is 173 Å². The zero-order valence-electron chi connectivity index (χ0n) is 15.5. The summed E-state index contributed by atoms with van der Waals surface area (Å²) in [6.45, 7) is -0.151. The van der Waals surface area contributed by atoms with Crippen molar-refractivity contribution in [3.05, 3.63) is 101 Å². The number of para-hydroxylation sites is 1. The lowest BCUT2D eigenvalue weighted by Crippen LogP contribution is -2.44. The summed E-state index contributed by atoms with van der Waals surface area (Å²) in [5.41, 5.74) is 9.37. The summed E-state index contributed by atoms with van der Waals surface area (Å²) < 4.78 is 0. The van der Waals surface area contributed by atoms with Gasteiger partial charge in [0.2, 0.25) is 0 Å². The third kappa shape index (κ3) is 3.83. The molecule has 3 aromatic carbocycles. The first-order valence-electron chi connectivity index (χ1n) is 9.13. The number of ketones is 1. The van der Waals surface area contributed by atoms with Crippen LogP contribution in [0.3, 0.4) is 0 Å². The van der Waals surface area contributed by atoms with Gasteiger partial charge in [-0.05, 0) is 18.2 Å². The normalized spacial score (nSPS) is 16.1. The van der Waals surface area contributed by atoms with Gasteiger partial charge in [0.1, 0.15) is 0 Å². The standard InChI is InChI=1S/C23H18ClN3O2/c24-17-10-6-9-16(13-17)20(28)14-27-19-12-5-4-11-18(19)21(26-22(25)23(27)29)15-7-2-1-3-8-15/h1-13,22H,14,25H2. The summed E-state index contributed by atoms with van der Waals surface area (Å²) in [5.74, 6) is -0.662. The zero-order chi connectivity index (χ0) is 20.4. The Morgan fingerprint density at radius 3 is 2.48 bits per heavy atom. The van der Waals surface area contributed by atoms with Crippen molar-refractivity contribution in [1.82, 2.24) is 0 Å². The van der Waals surface area contributed by atoms with Crippen LogP contribution in [0.4, 0.5) is 5.69 Å². The molecule has 144 valence electrons. The minimum Gasteiger partial charge on any atom is -0.302 e. The third-order valence-electron chi connectivity index (χ3n) is 4.73. The lowest BCUT2D eigenvalue weighted by atomic mass is 10.00. The molecule has 6 heteroatoms. The van der Waals surface area contributed by atoms with Crippen LogP contribution in [0.25, 0.3) is 0 Å². The number of nitrogens with two attached hydrogens (primary N) is 1. The number of hydrogen-bond donors (Lipinski definition) is 1. The van der Waals surface area contributed by atoms with Gasteiger partial charge in [0.25, 0.3) is 5.91 Å². The summed E-state index contributed by atoms with van der Waals surface area (Å²) in [6, 6.07) is 23.6. The van der Waals surface area contributed by atoms with E-state index in [0.29, 0.717) is 22.0 Å². The maximum atomic E-state index is 13.0. The molecule has 1 aliphatic heterocycles. The molecular weight excluding hydrogens is 386 g/mol. The van der Waals surface area contributed by atoms with Gasteiger partial charge in [-0.15, -0.1) is 0 Å². The van der Waals surface area contributed by atoms with Gasteiger partial charge in [0.15, 0.2) is 11.9 Å². The van der Waals surface area contributed by atoms with E-state index >= 15 is 0 Å². The van der Waals surface area contributed by atoms with Crippen molar-refractivity contribution in [1.29, 1.82) is 0 Å². The Balaban J connectivity index is 1.77. The van der Waals surface area contributed by atoms with E-state index in [4.69, 9.17) is 17.3 Å². The van der Waals surface area contributed by atoms with Gasteiger partial charge in [0.05, 0.1) is 17.9 Å². The van der Waals surface area contributed by atoms with Crippen molar-refractivity contribution >= 4 is 34.7 Å². The summed E-state index contributed by atoms with van der Waals surface area (Å²) in [6.07, 6.45) is -1.11. The van der Waals surface area contributed by atoms with E-state index in [1.807, 2.05) is 48.5 Å². The number of amides is 1. The molecule has 3 aromatic rings. The first kappa shape index (κ1) is 19.1. The van der Waals surface area contributed by atoms with Crippen LogP contribution >= 0.6 is 11.6 Å². The molecule has 5 nitrogen and oxygen atoms in total. The monoisotopic (exact) mass is 403 g/mol. The lowest BCUT2D eigenvalue weighted by Gasteiger charge is -2.23. The molecule has 1 amide bonds. The van der Waals surface area contributed by atoms with Crippen LogP contribution in [0.2, 0.25) is 5.02 Å². The molecule has 1 unspecified atom stereocenters. The van der Waals surface area contributed by atoms with Crippen molar-refractivity contribution in [2.75, 3.05) is 11.4 Å². The molecule has 4 rings (SSSR count). The predicted octanol–water partition coefficient (Wildman–Crippen LogP) is 3.69. The maximum absolute atomic E-state index is 13.0. The Bertz CT molecular complexity index is 1110. The number of Topliss-reactive ketones (excluding diaryl/α,β-unsaturated/α-hetero) is 1. The highest BCUT2D eigenvalue weighted by Crippen LogP contribution is 2.28. The van der Waals surface area contributed by atoms with Crippen LogP contribution in [0.15, 0.2) is 83.9 Å². The van der Waals surface area contributed by atoms with Crippen molar-refractivity contribution in [3.8, 4) is 0 Å². The van der Waals surface area contributed by atoms with E-state index in [9.17, 15) is 9.59 Å². The molecule has 2 N–H and O–H groups in total. The average Bonchev–Trinajstić information content (AvgIpc) is 2.85. The quantitative estimate of drug-likeness (QED) is 0.675. The van der Waals surface area contributed by atoms with Crippen LogP contribution in [0, 0.1) is 0 Å². The third-order valence-corrected chi connectivity index (χ3v) is 4.97. The highest BCUT2D eigenvalue weighted by Gasteiger charge is 2.31. The second-order valence-corrected chi connectivity index (χ2v) is 7.10. The second kappa shape index (κ2) is 7.99. The van der Waals surface area contributed by atoms with E-state index in [2.05, 4.69) is 4.99 Å². The molecule has 0 fully saturated rings. The van der Waals surface area contributed by atoms with Gasteiger partial charge >= 0.3 is 0 Å². The number of fused-ring (bicyclic) bond motifs is 1. The van der Waals surface area contributed by atoms with Crippen LogP contribution in [-0.4, -0.2) is 30.1 Å². The van der Waals surface area contributed by atoms with Gasteiger partial charge < -0.3 is 10.6 Å². The molecule has 0 aromatic heterocycles. The van der Waals surface area contributed by atoms with Gasteiger partial charge in [-0.2, -0.15) is 0 Å². The van der Waals surface area contributed by atoms with Crippen LogP contribution < -0.4 is 10.6 Å². The van der Waals surface area contributed by atoms with Crippen molar-refractivity contribution in [2.45, 2.75) is 6.17 Å². The number of anilines is 1. The zero-order valence-corrected chi connectivity index (χ0v) is 16.2. The molecule has 0 radical (unpaired) electrons. The molecule has 1 heterocycles. The summed E-state index contributed by atoms with van der Waals surface area (Å²) in [7, 11) is 0. The van der Waals surface area contributed by atoms with Gasteiger partial charge in [-0.1, -0.05) is 72.3 Å². The minimum atomic E-state index is -1.11. The Morgan fingerprint density at radius 1 is 1.00 bits per heavy atom. The van der Waals surface area contributed by atoms with E-state index in [-0.39, 0.29) is 12.3 Å². The Kier molecular flexibility index (Phi) is 5.25. The first-order chi connectivity index (χ1) is 14.0. The number of benzene rings is 3. The van der Waals surface area contributed by atoms with Gasteiger partial charge in [-0.3, -0.25) is 14.6 Å². The molecule has 0 bridgehead atoms. The number of rotatable bonds is 4. The summed E-state index contributed by atoms with van der Waals surface area (Å²) in [5, 5.41) is 0.463. The van der Waals surface area contributed by atoms with Crippen LogP contribution in [0.1, 0.15) is 21.5 Å². The fraction of sp³-hybridized carbons (Fsp3) is 0.0870.